The van der Waals surface area contributed by atoms with Gasteiger partial charge in [-0.05, 0) is 13.8 Å². The number of hydrogen-bond donors (Lipinski definition) is 0. The van der Waals surface area contributed by atoms with Gasteiger partial charge in [-0.3, -0.25) is 9.59 Å². The van der Waals surface area contributed by atoms with E-state index in [0.29, 0.717) is 11.1 Å². The van der Waals surface area contributed by atoms with Crippen LogP contribution >= 0.6 is 0 Å². The molecule has 0 fully saturated rings. The number of hydrogen-bond acceptors (Lipinski definition) is 3. The first-order valence-electron chi connectivity index (χ1n) is 8.44. The second-order valence-electron chi connectivity index (χ2n) is 6.66. The molecule has 0 spiro atoms. The van der Waals surface area contributed by atoms with Gasteiger partial charge >= 0.3 is 12.1 Å². The molecule has 0 aliphatic rings. The fourth-order valence-corrected chi connectivity index (χ4v) is 3.00. The van der Waals surface area contributed by atoms with Crippen molar-refractivity contribution in [3.8, 4) is 0 Å². The summed E-state index contributed by atoms with van der Waals surface area (Å²) in [6.07, 6.45) is -8.74. The van der Waals surface area contributed by atoms with E-state index in [9.17, 15) is 40.3 Å². The van der Waals surface area contributed by atoms with Crippen molar-refractivity contribution in [2.45, 2.75) is 39.5 Å². The van der Waals surface area contributed by atoms with Crippen LogP contribution < -0.4 is 0 Å². The quantitative estimate of drug-likeness (QED) is 0.363. The Hall–Kier alpha value is -2.91. The topological polar surface area (TPSA) is 43.4 Å². The molecule has 2 aromatic rings. The third-order valence-electron chi connectivity index (χ3n) is 4.11. The molecule has 162 valence electrons. The summed E-state index contributed by atoms with van der Waals surface area (Å²) in [5.74, 6) is -12.2. The highest BCUT2D eigenvalue weighted by atomic mass is 19.4. The summed E-state index contributed by atoms with van der Waals surface area (Å²) in [7, 11) is 0. The first kappa shape index (κ1) is 23.4. The minimum absolute atomic E-state index is 0.126. The van der Waals surface area contributed by atoms with Crippen molar-refractivity contribution >= 4 is 11.8 Å². The Labute approximate surface area is 166 Å². The summed E-state index contributed by atoms with van der Waals surface area (Å²) in [5.41, 5.74) is -2.84. The number of rotatable bonds is 5. The van der Waals surface area contributed by atoms with Crippen molar-refractivity contribution in [1.29, 1.82) is 0 Å². The number of halogens is 7. The van der Waals surface area contributed by atoms with Crippen molar-refractivity contribution in [2.24, 2.45) is 0 Å². The maximum absolute atomic E-state index is 14.1. The van der Waals surface area contributed by atoms with Gasteiger partial charge in [-0.1, -0.05) is 29.3 Å². The van der Waals surface area contributed by atoms with Crippen LogP contribution in [0.25, 0.3) is 0 Å². The molecule has 0 radical (unpaired) electrons. The lowest BCUT2D eigenvalue weighted by molar-refractivity contribution is -0.153. The number of ketones is 1. The van der Waals surface area contributed by atoms with E-state index in [1.807, 2.05) is 0 Å². The van der Waals surface area contributed by atoms with E-state index in [-0.39, 0.29) is 5.56 Å². The summed E-state index contributed by atoms with van der Waals surface area (Å²) >= 11 is 0. The molecule has 0 aliphatic heterocycles. The predicted octanol–water partition coefficient (Wildman–Crippen LogP) is 5.29. The van der Waals surface area contributed by atoms with Crippen LogP contribution in [-0.4, -0.2) is 11.8 Å². The van der Waals surface area contributed by atoms with Crippen molar-refractivity contribution in [1.82, 2.24) is 0 Å². The number of aryl methyl sites for hydroxylation is 2. The molecule has 2 aromatic carbocycles. The van der Waals surface area contributed by atoms with Crippen LogP contribution in [0.2, 0.25) is 0 Å². The normalized spacial score (nSPS) is 12.6. The van der Waals surface area contributed by atoms with E-state index in [2.05, 4.69) is 0 Å². The van der Waals surface area contributed by atoms with Gasteiger partial charge in [0.05, 0.1) is 0 Å². The largest absolute Gasteiger partial charge is 0.450 e. The molecule has 0 saturated carbocycles. The van der Waals surface area contributed by atoms with Gasteiger partial charge in [0, 0.05) is 24.5 Å². The molecule has 3 nitrogen and oxygen atoms in total. The molecule has 0 amide bonds. The van der Waals surface area contributed by atoms with Crippen molar-refractivity contribution in [3.05, 3.63) is 69.3 Å². The van der Waals surface area contributed by atoms with Crippen LogP contribution in [0.5, 0.6) is 0 Å². The third kappa shape index (κ3) is 4.80. The number of benzene rings is 2. The maximum Gasteiger partial charge on any atom is 0.422 e. The number of ether oxygens (including phenoxy) is 1. The van der Waals surface area contributed by atoms with E-state index in [1.165, 1.54) is 12.1 Å². The summed E-state index contributed by atoms with van der Waals surface area (Å²) < 4.78 is 98.8. The van der Waals surface area contributed by atoms with E-state index >= 15 is 0 Å². The molecule has 0 N–H and O–H groups in total. The first-order valence-corrected chi connectivity index (χ1v) is 8.44. The number of Topliss-reactive ketones (excluding diaryl/α,β-unsaturated/α-hetero) is 1. The zero-order chi connectivity index (χ0) is 23.0. The Morgan fingerprint density at radius 3 is 1.77 bits per heavy atom. The third-order valence-corrected chi connectivity index (χ3v) is 4.11. The maximum atomic E-state index is 14.1. The lowest BCUT2D eigenvalue weighted by Gasteiger charge is -2.19. The average molecular weight is 436 g/mol. The Kier molecular flexibility index (Phi) is 6.58. The van der Waals surface area contributed by atoms with Crippen molar-refractivity contribution in [3.63, 3.8) is 0 Å². The minimum atomic E-state index is -5.70. The Morgan fingerprint density at radius 2 is 1.37 bits per heavy atom. The second-order valence-corrected chi connectivity index (χ2v) is 6.66. The number of carbonyl (C=O) groups is 2. The van der Waals surface area contributed by atoms with Gasteiger partial charge in [-0.25, -0.2) is 17.6 Å². The molecule has 1 atom stereocenters. The molecule has 0 aliphatic carbocycles. The average Bonchev–Trinajstić information content (AvgIpc) is 2.59. The summed E-state index contributed by atoms with van der Waals surface area (Å²) in [6, 6.07) is 4.61. The fourth-order valence-electron chi connectivity index (χ4n) is 3.00. The predicted molar refractivity (Wildman–Crippen MR) is 90.4 cm³/mol. The summed E-state index contributed by atoms with van der Waals surface area (Å²) in [5, 5.41) is 0. The van der Waals surface area contributed by atoms with Gasteiger partial charge in [0.15, 0.2) is 35.2 Å². The van der Waals surface area contributed by atoms with Crippen LogP contribution in [0.3, 0.4) is 0 Å². The molecule has 0 aromatic heterocycles. The van der Waals surface area contributed by atoms with Gasteiger partial charge in [0.1, 0.15) is 5.56 Å². The SMILES string of the molecule is CC(=O)OC(C(=O)Cc1c(F)c(F)c(C(F)(F)F)c(F)c1F)c1cc(C)cc(C)c1. The number of esters is 1. The van der Waals surface area contributed by atoms with E-state index < -0.39 is 64.8 Å². The highest BCUT2D eigenvalue weighted by Crippen LogP contribution is 2.37. The van der Waals surface area contributed by atoms with Crippen LogP contribution in [0.4, 0.5) is 30.7 Å². The van der Waals surface area contributed by atoms with Gasteiger partial charge in [-0.2, -0.15) is 13.2 Å². The van der Waals surface area contributed by atoms with Crippen LogP contribution in [0, 0.1) is 37.1 Å². The highest BCUT2D eigenvalue weighted by Gasteiger charge is 2.42. The lowest BCUT2D eigenvalue weighted by atomic mass is 9.95. The molecule has 0 heterocycles. The molecular weight excluding hydrogens is 421 g/mol. The summed E-state index contributed by atoms with van der Waals surface area (Å²) in [4.78, 5) is 24.0. The standard InChI is InChI=1S/C20H15F7O3/c1-8-4-9(2)6-11(5-8)19(30-10(3)28)13(29)7-12-15(21)17(23)14(20(25,26)27)18(24)16(12)22/h4-6,19H,7H2,1-3H3. The Balaban J connectivity index is 2.54. The monoisotopic (exact) mass is 436 g/mol. The van der Waals surface area contributed by atoms with Crippen molar-refractivity contribution in [2.75, 3.05) is 0 Å². The van der Waals surface area contributed by atoms with Crippen LogP contribution in [0.1, 0.15) is 40.8 Å². The van der Waals surface area contributed by atoms with Gasteiger partial charge < -0.3 is 4.74 Å². The van der Waals surface area contributed by atoms with E-state index in [4.69, 9.17) is 4.74 Å². The van der Waals surface area contributed by atoms with Crippen LogP contribution in [0.15, 0.2) is 18.2 Å². The molecular formula is C20H15F7O3. The van der Waals surface area contributed by atoms with E-state index in [0.717, 1.165) is 6.92 Å². The number of alkyl halides is 3. The summed E-state index contributed by atoms with van der Waals surface area (Å²) in [6.45, 7) is 4.28. The lowest BCUT2D eigenvalue weighted by Crippen LogP contribution is -2.23. The zero-order valence-corrected chi connectivity index (χ0v) is 15.9. The van der Waals surface area contributed by atoms with Crippen molar-refractivity contribution < 1.29 is 45.1 Å². The van der Waals surface area contributed by atoms with Gasteiger partial charge in [0.25, 0.3) is 0 Å². The highest BCUT2D eigenvalue weighted by molar-refractivity contribution is 5.88. The van der Waals surface area contributed by atoms with Crippen LogP contribution in [-0.2, 0) is 26.9 Å². The molecule has 30 heavy (non-hydrogen) atoms. The first-order chi connectivity index (χ1) is 13.7. The zero-order valence-electron chi connectivity index (χ0n) is 15.9. The van der Waals surface area contributed by atoms with Gasteiger partial charge in [0.2, 0.25) is 0 Å². The van der Waals surface area contributed by atoms with Gasteiger partial charge in [-0.15, -0.1) is 0 Å². The fraction of sp³-hybridized carbons (Fsp3) is 0.300. The van der Waals surface area contributed by atoms with E-state index in [1.54, 1.807) is 19.9 Å². The molecule has 10 heteroatoms. The molecule has 2 rings (SSSR count). The Morgan fingerprint density at radius 1 is 0.900 bits per heavy atom. The minimum Gasteiger partial charge on any atom is -0.450 e. The smallest absolute Gasteiger partial charge is 0.422 e. The second kappa shape index (κ2) is 8.45. The molecule has 1 unspecified atom stereocenters. The Bertz CT molecular complexity index is 963. The molecule has 0 saturated heterocycles. The number of carbonyl (C=O) groups excluding carboxylic acids is 2. The molecule has 0 bridgehead atoms.